The molecule has 2 aromatic heterocycles. The number of anilines is 1. The third kappa shape index (κ3) is 4.35. The van der Waals surface area contributed by atoms with Gasteiger partial charge in [0.25, 0.3) is 0 Å². The fourth-order valence-electron chi connectivity index (χ4n) is 2.39. The molecule has 23 heavy (non-hydrogen) atoms. The monoisotopic (exact) mass is 335 g/mol. The number of ether oxygens (including phenoxy) is 2. The lowest BCUT2D eigenvalue weighted by Crippen LogP contribution is -2.36. The summed E-state index contributed by atoms with van der Waals surface area (Å²) in [7, 11) is 1.91. The number of morpholine rings is 1. The molecule has 0 unspecified atom stereocenters. The van der Waals surface area contributed by atoms with Gasteiger partial charge in [0.05, 0.1) is 26.0 Å². The third-order valence-corrected chi connectivity index (χ3v) is 4.13. The van der Waals surface area contributed by atoms with Crippen molar-refractivity contribution in [2.45, 2.75) is 11.6 Å². The molecule has 0 amide bonds. The number of aryl methyl sites for hydroxylation is 1. The van der Waals surface area contributed by atoms with Crippen LogP contribution in [-0.2, 0) is 18.2 Å². The van der Waals surface area contributed by atoms with Crippen LogP contribution in [0.3, 0.4) is 0 Å². The zero-order valence-electron chi connectivity index (χ0n) is 13.4. The topological polar surface area (TPSA) is 65.3 Å². The first-order valence-electron chi connectivity index (χ1n) is 7.60. The minimum atomic E-state index is 0.569. The Morgan fingerprint density at radius 3 is 2.83 bits per heavy atom. The predicted molar refractivity (Wildman–Crippen MR) is 89.3 cm³/mol. The lowest BCUT2D eigenvalue weighted by molar-refractivity contribution is 0.122. The van der Waals surface area contributed by atoms with Crippen LogP contribution in [0.15, 0.2) is 23.6 Å². The van der Waals surface area contributed by atoms with Gasteiger partial charge in [-0.15, -0.1) is 0 Å². The van der Waals surface area contributed by atoms with Crippen LogP contribution in [0.1, 0.15) is 5.56 Å². The van der Waals surface area contributed by atoms with Gasteiger partial charge in [-0.1, -0.05) is 11.8 Å². The average Bonchev–Trinajstić information content (AvgIpc) is 3.00. The molecule has 1 saturated heterocycles. The third-order valence-electron chi connectivity index (χ3n) is 3.59. The number of hydrogen-bond acceptors (Lipinski definition) is 7. The van der Waals surface area contributed by atoms with Crippen LogP contribution in [0.2, 0.25) is 0 Å². The maximum Gasteiger partial charge on any atom is 0.219 e. The molecule has 3 heterocycles. The molecule has 1 aliphatic rings. The highest BCUT2D eigenvalue weighted by atomic mass is 32.2. The summed E-state index contributed by atoms with van der Waals surface area (Å²) < 4.78 is 13.0. The second kappa shape index (κ2) is 7.65. The van der Waals surface area contributed by atoms with E-state index in [9.17, 15) is 0 Å². The molecule has 0 radical (unpaired) electrons. The van der Waals surface area contributed by atoms with Crippen molar-refractivity contribution in [3.63, 3.8) is 0 Å². The molecule has 0 N–H and O–H groups in total. The van der Waals surface area contributed by atoms with Crippen LogP contribution in [0.5, 0.6) is 5.88 Å². The summed E-state index contributed by atoms with van der Waals surface area (Å²) in [6.45, 7) is 3.73. The highest BCUT2D eigenvalue weighted by Crippen LogP contribution is 2.22. The standard InChI is InChI=1S/C15H21N5O2S/c1-19-11-12(10-16-19)3-6-22-14-9-13(17-15(18-14)23-2)20-4-7-21-8-5-20/h9-11H,3-8H2,1-2H3. The Bertz CT molecular complexity index is 643. The maximum atomic E-state index is 5.83. The number of nitrogens with zero attached hydrogens (tertiary/aromatic N) is 5. The normalized spacial score (nSPS) is 15.0. The largest absolute Gasteiger partial charge is 0.477 e. The van der Waals surface area contributed by atoms with Crippen molar-refractivity contribution in [1.29, 1.82) is 0 Å². The molecule has 0 aromatic carbocycles. The van der Waals surface area contributed by atoms with E-state index < -0.39 is 0 Å². The summed E-state index contributed by atoms with van der Waals surface area (Å²) in [6.07, 6.45) is 6.63. The Kier molecular flexibility index (Phi) is 5.35. The lowest BCUT2D eigenvalue weighted by atomic mass is 10.3. The van der Waals surface area contributed by atoms with Crippen molar-refractivity contribution >= 4 is 17.6 Å². The zero-order valence-corrected chi connectivity index (χ0v) is 14.3. The van der Waals surface area contributed by atoms with E-state index in [0.29, 0.717) is 12.5 Å². The van der Waals surface area contributed by atoms with E-state index in [1.54, 1.807) is 4.68 Å². The van der Waals surface area contributed by atoms with Crippen molar-refractivity contribution in [2.24, 2.45) is 7.05 Å². The molecule has 1 fully saturated rings. The van der Waals surface area contributed by atoms with Gasteiger partial charge in [-0.2, -0.15) is 10.1 Å². The van der Waals surface area contributed by atoms with Gasteiger partial charge in [-0.3, -0.25) is 4.68 Å². The highest BCUT2D eigenvalue weighted by Gasteiger charge is 2.15. The van der Waals surface area contributed by atoms with Crippen molar-refractivity contribution < 1.29 is 9.47 Å². The molecule has 1 aliphatic heterocycles. The zero-order chi connectivity index (χ0) is 16.1. The first kappa shape index (κ1) is 16.1. The van der Waals surface area contributed by atoms with E-state index in [0.717, 1.165) is 49.3 Å². The van der Waals surface area contributed by atoms with Crippen molar-refractivity contribution in [2.75, 3.05) is 44.1 Å². The fraction of sp³-hybridized carbons (Fsp3) is 0.533. The molecule has 0 bridgehead atoms. The Hall–Kier alpha value is -1.80. The lowest BCUT2D eigenvalue weighted by Gasteiger charge is -2.28. The summed E-state index contributed by atoms with van der Waals surface area (Å²) in [5.74, 6) is 1.53. The molecule has 2 aromatic rings. The number of aromatic nitrogens is 4. The molecule has 0 spiro atoms. The van der Waals surface area contributed by atoms with Crippen LogP contribution in [0, 0.1) is 0 Å². The summed E-state index contributed by atoms with van der Waals surface area (Å²) in [4.78, 5) is 11.2. The van der Waals surface area contributed by atoms with Crippen LogP contribution in [0.25, 0.3) is 0 Å². The van der Waals surface area contributed by atoms with Gasteiger partial charge < -0.3 is 14.4 Å². The molecule has 8 heteroatoms. The van der Waals surface area contributed by atoms with Gasteiger partial charge in [0, 0.05) is 38.8 Å². The molecule has 3 rings (SSSR count). The van der Waals surface area contributed by atoms with Crippen LogP contribution < -0.4 is 9.64 Å². The molecular weight excluding hydrogens is 314 g/mol. The Morgan fingerprint density at radius 2 is 2.13 bits per heavy atom. The average molecular weight is 335 g/mol. The predicted octanol–water partition coefficient (Wildman–Crippen LogP) is 1.39. The van der Waals surface area contributed by atoms with Crippen LogP contribution in [-0.4, -0.2) is 58.9 Å². The van der Waals surface area contributed by atoms with E-state index in [-0.39, 0.29) is 0 Å². The second-order valence-corrected chi connectivity index (χ2v) is 6.04. The number of hydrogen-bond donors (Lipinski definition) is 0. The second-order valence-electron chi connectivity index (χ2n) is 5.27. The number of thioether (sulfide) groups is 1. The Labute approximate surface area is 140 Å². The SMILES string of the molecule is CSc1nc(OCCc2cnn(C)c2)cc(N2CCOCC2)n1. The van der Waals surface area contributed by atoms with Crippen molar-refractivity contribution in [3.05, 3.63) is 24.0 Å². The van der Waals surface area contributed by atoms with Crippen LogP contribution >= 0.6 is 11.8 Å². The van der Waals surface area contributed by atoms with E-state index in [2.05, 4.69) is 20.0 Å². The van der Waals surface area contributed by atoms with Crippen molar-refractivity contribution in [3.8, 4) is 5.88 Å². The summed E-state index contributed by atoms with van der Waals surface area (Å²) in [5, 5.41) is 4.89. The van der Waals surface area contributed by atoms with Crippen LogP contribution in [0.4, 0.5) is 5.82 Å². The molecule has 7 nitrogen and oxygen atoms in total. The highest BCUT2D eigenvalue weighted by molar-refractivity contribution is 7.98. The molecular formula is C15H21N5O2S. The molecule has 124 valence electrons. The molecule has 0 aliphatic carbocycles. The summed E-state index contributed by atoms with van der Waals surface area (Å²) >= 11 is 1.52. The van der Waals surface area contributed by atoms with E-state index in [1.165, 1.54) is 11.8 Å². The number of rotatable bonds is 6. The first-order valence-corrected chi connectivity index (χ1v) is 8.83. The smallest absolute Gasteiger partial charge is 0.219 e. The van der Waals surface area contributed by atoms with Gasteiger partial charge in [0.15, 0.2) is 5.16 Å². The Balaban J connectivity index is 1.65. The quantitative estimate of drug-likeness (QED) is 0.584. The molecule has 0 saturated carbocycles. The van der Waals surface area contributed by atoms with E-state index in [4.69, 9.17) is 9.47 Å². The Morgan fingerprint density at radius 1 is 1.30 bits per heavy atom. The minimum Gasteiger partial charge on any atom is -0.477 e. The fourth-order valence-corrected chi connectivity index (χ4v) is 2.75. The first-order chi connectivity index (χ1) is 11.2. The minimum absolute atomic E-state index is 0.569. The van der Waals surface area contributed by atoms with Gasteiger partial charge in [0.1, 0.15) is 5.82 Å². The van der Waals surface area contributed by atoms with Crippen molar-refractivity contribution in [1.82, 2.24) is 19.7 Å². The van der Waals surface area contributed by atoms with Gasteiger partial charge in [-0.05, 0) is 11.8 Å². The summed E-state index contributed by atoms with van der Waals surface area (Å²) in [6, 6.07) is 1.91. The van der Waals surface area contributed by atoms with Gasteiger partial charge >= 0.3 is 0 Å². The maximum absolute atomic E-state index is 5.83. The van der Waals surface area contributed by atoms with Gasteiger partial charge in [0.2, 0.25) is 5.88 Å². The summed E-state index contributed by atoms with van der Waals surface area (Å²) in [5.41, 5.74) is 1.15. The van der Waals surface area contributed by atoms with E-state index >= 15 is 0 Å². The van der Waals surface area contributed by atoms with E-state index in [1.807, 2.05) is 31.8 Å². The van der Waals surface area contributed by atoms with Gasteiger partial charge in [-0.25, -0.2) is 4.98 Å². The molecule has 0 atom stereocenters.